The molecule has 1 heterocycles. The molecule has 3 heteroatoms. The summed E-state index contributed by atoms with van der Waals surface area (Å²) in [6, 6.07) is 7.76. The number of para-hydroxylation sites is 1. The molecule has 1 unspecified atom stereocenters. The van der Waals surface area contributed by atoms with Crippen LogP contribution in [0.25, 0.3) is 0 Å². The van der Waals surface area contributed by atoms with Gasteiger partial charge in [0.15, 0.2) is 0 Å². The van der Waals surface area contributed by atoms with E-state index in [1.54, 1.807) is 13.8 Å². The molecule has 0 saturated heterocycles. The van der Waals surface area contributed by atoms with Gasteiger partial charge in [-0.1, -0.05) is 25.1 Å². The summed E-state index contributed by atoms with van der Waals surface area (Å²) in [5, 5.41) is 0. The normalized spacial score (nSPS) is 18.4. The van der Waals surface area contributed by atoms with Crippen LogP contribution >= 0.6 is 0 Å². The molecule has 0 aliphatic carbocycles. The number of allylic oxidation sites excluding steroid dienone is 1. The van der Waals surface area contributed by atoms with Gasteiger partial charge in [-0.25, -0.2) is 4.79 Å². The first-order chi connectivity index (χ1) is 8.15. The van der Waals surface area contributed by atoms with Crippen molar-refractivity contribution in [3.05, 3.63) is 41.2 Å². The number of benzene rings is 1. The first kappa shape index (κ1) is 11.7. The molecule has 2 rings (SSSR count). The van der Waals surface area contributed by atoms with Crippen molar-refractivity contribution in [1.82, 2.24) is 0 Å². The predicted octanol–water partition coefficient (Wildman–Crippen LogP) is 3.02. The third kappa shape index (κ3) is 2.05. The van der Waals surface area contributed by atoms with E-state index < -0.39 is 0 Å². The third-order valence-corrected chi connectivity index (χ3v) is 2.96. The molecule has 0 N–H and O–H groups in total. The molecule has 17 heavy (non-hydrogen) atoms. The molecule has 3 nitrogen and oxygen atoms in total. The van der Waals surface area contributed by atoms with Crippen LogP contribution in [0.4, 0.5) is 0 Å². The maximum Gasteiger partial charge on any atom is 0.338 e. The van der Waals surface area contributed by atoms with Crippen molar-refractivity contribution in [3.63, 3.8) is 0 Å². The van der Waals surface area contributed by atoms with E-state index in [9.17, 15) is 4.79 Å². The van der Waals surface area contributed by atoms with E-state index in [0.717, 1.165) is 11.3 Å². The third-order valence-electron chi connectivity index (χ3n) is 2.96. The Bertz CT molecular complexity index is 474. The molecule has 1 aliphatic heterocycles. The molecular weight excluding hydrogens is 216 g/mol. The van der Waals surface area contributed by atoms with Gasteiger partial charge in [0.2, 0.25) is 0 Å². The van der Waals surface area contributed by atoms with Gasteiger partial charge in [-0.15, -0.1) is 0 Å². The van der Waals surface area contributed by atoms with Crippen LogP contribution in [0, 0.1) is 0 Å². The Balaban J connectivity index is 2.39. The van der Waals surface area contributed by atoms with Crippen LogP contribution in [-0.2, 0) is 9.53 Å². The van der Waals surface area contributed by atoms with Gasteiger partial charge in [0, 0.05) is 11.5 Å². The highest BCUT2D eigenvalue weighted by molar-refractivity contribution is 5.91. The van der Waals surface area contributed by atoms with E-state index in [1.165, 1.54) is 0 Å². The highest BCUT2D eigenvalue weighted by atomic mass is 16.5. The van der Waals surface area contributed by atoms with Gasteiger partial charge >= 0.3 is 5.97 Å². The fraction of sp³-hybridized carbons (Fsp3) is 0.357. The molecule has 0 saturated carbocycles. The Morgan fingerprint density at radius 1 is 1.41 bits per heavy atom. The molecule has 1 aromatic carbocycles. The Kier molecular flexibility index (Phi) is 3.18. The minimum atomic E-state index is -0.285. The molecule has 1 aromatic rings. The Hall–Kier alpha value is -1.77. The Morgan fingerprint density at radius 2 is 2.12 bits per heavy atom. The summed E-state index contributed by atoms with van der Waals surface area (Å²) in [7, 11) is 0. The predicted molar refractivity (Wildman–Crippen MR) is 64.8 cm³/mol. The van der Waals surface area contributed by atoms with Crippen LogP contribution in [0.3, 0.4) is 0 Å². The lowest BCUT2D eigenvalue weighted by Crippen LogP contribution is -2.20. The van der Waals surface area contributed by atoms with E-state index in [4.69, 9.17) is 9.47 Å². The number of hydrogen-bond donors (Lipinski definition) is 0. The van der Waals surface area contributed by atoms with Gasteiger partial charge in [-0.05, 0) is 19.9 Å². The topological polar surface area (TPSA) is 35.5 Å². The van der Waals surface area contributed by atoms with Crippen LogP contribution < -0.4 is 4.74 Å². The molecule has 0 aromatic heterocycles. The van der Waals surface area contributed by atoms with Crippen LogP contribution in [0.15, 0.2) is 35.6 Å². The summed E-state index contributed by atoms with van der Waals surface area (Å²) in [5.41, 5.74) is 1.65. The van der Waals surface area contributed by atoms with Crippen molar-refractivity contribution >= 4 is 5.97 Å². The monoisotopic (exact) mass is 232 g/mol. The quantitative estimate of drug-likeness (QED) is 0.735. The van der Waals surface area contributed by atoms with Gasteiger partial charge in [0.25, 0.3) is 0 Å². The minimum absolute atomic E-state index is 0.0130. The number of carbonyl (C=O) groups is 1. The number of fused-ring (bicyclic) bond motifs is 1. The average molecular weight is 232 g/mol. The SMILES string of the molecule is CCOC(=O)C1=C(C)Oc2ccccc2C1C. The van der Waals surface area contributed by atoms with Gasteiger partial charge < -0.3 is 9.47 Å². The van der Waals surface area contributed by atoms with Gasteiger partial charge in [0.1, 0.15) is 11.5 Å². The summed E-state index contributed by atoms with van der Waals surface area (Å²) in [5.74, 6) is 1.19. The summed E-state index contributed by atoms with van der Waals surface area (Å²) >= 11 is 0. The second kappa shape index (κ2) is 4.62. The smallest absolute Gasteiger partial charge is 0.338 e. The average Bonchev–Trinajstić information content (AvgIpc) is 2.29. The highest BCUT2D eigenvalue weighted by Gasteiger charge is 2.29. The second-order valence-electron chi connectivity index (χ2n) is 4.05. The standard InChI is InChI=1S/C14H16O3/c1-4-16-14(15)13-9(2)11-7-5-6-8-12(11)17-10(13)3/h5-9H,4H2,1-3H3. The number of carbonyl (C=O) groups excluding carboxylic acids is 1. The lowest BCUT2D eigenvalue weighted by atomic mass is 9.89. The van der Waals surface area contributed by atoms with Crippen LogP contribution in [-0.4, -0.2) is 12.6 Å². The molecule has 0 fully saturated rings. The zero-order valence-electron chi connectivity index (χ0n) is 10.3. The molecule has 0 radical (unpaired) electrons. The summed E-state index contributed by atoms with van der Waals surface area (Å²) in [4.78, 5) is 11.9. The minimum Gasteiger partial charge on any atom is -0.463 e. The molecular formula is C14H16O3. The second-order valence-corrected chi connectivity index (χ2v) is 4.05. The number of hydrogen-bond acceptors (Lipinski definition) is 3. The van der Waals surface area contributed by atoms with Gasteiger partial charge in [0.05, 0.1) is 12.2 Å². The molecule has 0 bridgehead atoms. The van der Waals surface area contributed by atoms with Crippen molar-refractivity contribution in [2.75, 3.05) is 6.61 Å². The maximum absolute atomic E-state index is 11.9. The summed E-state index contributed by atoms with van der Waals surface area (Å²) < 4.78 is 10.7. The number of ether oxygens (including phenoxy) is 2. The summed E-state index contributed by atoms with van der Waals surface area (Å²) in [6.45, 7) is 5.98. The van der Waals surface area contributed by atoms with Gasteiger partial charge in [-0.2, -0.15) is 0 Å². The van der Waals surface area contributed by atoms with E-state index in [-0.39, 0.29) is 11.9 Å². The van der Waals surface area contributed by atoms with Crippen molar-refractivity contribution in [3.8, 4) is 5.75 Å². The van der Waals surface area contributed by atoms with Crippen molar-refractivity contribution in [2.24, 2.45) is 0 Å². The number of rotatable bonds is 2. The number of esters is 1. The van der Waals surface area contributed by atoms with E-state index >= 15 is 0 Å². The van der Waals surface area contributed by atoms with E-state index in [2.05, 4.69) is 0 Å². The largest absolute Gasteiger partial charge is 0.463 e. The van der Waals surface area contributed by atoms with Crippen LogP contribution in [0.1, 0.15) is 32.3 Å². The lowest BCUT2D eigenvalue weighted by Gasteiger charge is -2.25. The Morgan fingerprint density at radius 3 is 2.82 bits per heavy atom. The molecule has 0 spiro atoms. The maximum atomic E-state index is 11.9. The molecule has 90 valence electrons. The van der Waals surface area contributed by atoms with Crippen molar-refractivity contribution < 1.29 is 14.3 Å². The summed E-state index contributed by atoms with van der Waals surface area (Å²) in [6.07, 6.45) is 0. The first-order valence-electron chi connectivity index (χ1n) is 5.79. The van der Waals surface area contributed by atoms with Crippen molar-refractivity contribution in [2.45, 2.75) is 26.7 Å². The zero-order chi connectivity index (χ0) is 12.4. The molecule has 0 amide bonds. The zero-order valence-corrected chi connectivity index (χ0v) is 10.3. The van der Waals surface area contributed by atoms with E-state index in [1.807, 2.05) is 31.2 Å². The fourth-order valence-electron chi connectivity index (χ4n) is 2.14. The molecule has 1 aliphatic rings. The lowest BCUT2D eigenvalue weighted by molar-refractivity contribution is -0.139. The van der Waals surface area contributed by atoms with Crippen LogP contribution in [0.2, 0.25) is 0 Å². The van der Waals surface area contributed by atoms with E-state index in [0.29, 0.717) is 17.9 Å². The fourth-order valence-corrected chi connectivity index (χ4v) is 2.14. The van der Waals surface area contributed by atoms with Gasteiger partial charge in [-0.3, -0.25) is 0 Å². The van der Waals surface area contributed by atoms with Crippen molar-refractivity contribution in [1.29, 1.82) is 0 Å². The highest BCUT2D eigenvalue weighted by Crippen LogP contribution is 2.38. The molecule has 1 atom stereocenters. The first-order valence-corrected chi connectivity index (χ1v) is 5.79. The van der Waals surface area contributed by atoms with Crippen LogP contribution in [0.5, 0.6) is 5.75 Å². The Labute approximate surface area is 101 Å².